The molecule has 176 valence electrons. The van der Waals surface area contributed by atoms with Crippen LogP contribution in [0.2, 0.25) is 0 Å². The number of hydrogen-bond acceptors (Lipinski definition) is 7. The number of carbonyl (C=O) groups is 1. The number of allylic oxidation sites excluding steroid dienone is 1. The van der Waals surface area contributed by atoms with Crippen LogP contribution >= 0.6 is 12.6 Å². The second-order valence-corrected chi connectivity index (χ2v) is 8.68. The quantitative estimate of drug-likeness (QED) is 0.0952. The number of anilines is 1. The maximum absolute atomic E-state index is 14.9. The Morgan fingerprint density at radius 1 is 1.18 bits per heavy atom. The van der Waals surface area contributed by atoms with Crippen molar-refractivity contribution >= 4 is 46.7 Å². The van der Waals surface area contributed by atoms with Crippen molar-refractivity contribution in [3.05, 3.63) is 77.6 Å². The van der Waals surface area contributed by atoms with E-state index in [0.29, 0.717) is 20.9 Å². The van der Waals surface area contributed by atoms with Crippen LogP contribution in [-0.4, -0.2) is 21.1 Å². The van der Waals surface area contributed by atoms with Gasteiger partial charge in [0.05, 0.1) is 10.6 Å². The summed E-state index contributed by atoms with van der Waals surface area (Å²) in [5, 5.41) is 20.0. The van der Waals surface area contributed by atoms with Crippen LogP contribution in [0.15, 0.2) is 76.3 Å². The van der Waals surface area contributed by atoms with Crippen molar-refractivity contribution in [2.75, 3.05) is 5.32 Å². The number of amides is 1. The minimum atomic E-state index is -1.87. The van der Waals surface area contributed by atoms with Gasteiger partial charge >= 0.3 is 0 Å². The fourth-order valence-electron chi connectivity index (χ4n) is 3.18. The van der Waals surface area contributed by atoms with Gasteiger partial charge in [-0.1, -0.05) is 24.3 Å². The molecule has 0 bridgehead atoms. The number of phenolic OH excluding ortho intramolecular Hbond substituents is 1. The molecule has 0 fully saturated rings. The van der Waals surface area contributed by atoms with E-state index in [-0.39, 0.29) is 34.0 Å². The first-order valence-electron chi connectivity index (χ1n) is 9.71. The lowest BCUT2D eigenvalue weighted by atomic mass is 10.0. The van der Waals surface area contributed by atoms with Gasteiger partial charge in [-0.05, 0) is 48.9 Å². The van der Waals surface area contributed by atoms with Crippen LogP contribution < -0.4 is 16.9 Å². The second kappa shape index (κ2) is 10.6. The second-order valence-electron chi connectivity index (χ2n) is 7.10. The SMILES string of the molecule is C/C(=C(\F)C(=O)Nc1ccc(-c2ccccc2S(=O)ON)cc1S)c1cc(C(=N)N)ccc1O. The van der Waals surface area contributed by atoms with Crippen molar-refractivity contribution in [2.24, 2.45) is 11.6 Å². The molecule has 1 amide bonds. The summed E-state index contributed by atoms with van der Waals surface area (Å²) in [6, 6.07) is 15.5. The molecule has 3 aromatic rings. The molecule has 1 unspecified atom stereocenters. The molecule has 0 aliphatic carbocycles. The summed E-state index contributed by atoms with van der Waals surface area (Å²) in [7, 11) is 0. The summed E-state index contributed by atoms with van der Waals surface area (Å²) < 4.78 is 31.4. The van der Waals surface area contributed by atoms with Crippen molar-refractivity contribution in [3.8, 4) is 16.9 Å². The van der Waals surface area contributed by atoms with E-state index in [1.54, 1.807) is 36.4 Å². The molecule has 7 N–H and O–H groups in total. The molecular weight excluding hydrogens is 479 g/mol. The predicted octanol–water partition coefficient (Wildman–Crippen LogP) is 3.88. The Bertz CT molecular complexity index is 1340. The first-order chi connectivity index (χ1) is 16.1. The number of benzene rings is 3. The lowest BCUT2D eigenvalue weighted by Crippen LogP contribution is -2.14. The third-order valence-corrected chi connectivity index (χ3v) is 6.21. The minimum Gasteiger partial charge on any atom is -0.507 e. The van der Waals surface area contributed by atoms with Gasteiger partial charge in [-0.15, -0.1) is 12.6 Å². The highest BCUT2D eigenvalue weighted by Gasteiger charge is 2.19. The van der Waals surface area contributed by atoms with E-state index in [1.807, 2.05) is 0 Å². The maximum Gasteiger partial charge on any atom is 0.284 e. The van der Waals surface area contributed by atoms with Gasteiger partial charge in [0.1, 0.15) is 11.6 Å². The average molecular weight is 501 g/mol. The lowest BCUT2D eigenvalue weighted by Gasteiger charge is -2.13. The minimum absolute atomic E-state index is 0.0357. The highest BCUT2D eigenvalue weighted by molar-refractivity contribution is 7.80. The van der Waals surface area contributed by atoms with E-state index in [1.165, 1.54) is 31.2 Å². The standard InChI is InChI=1S/C23H21FN4O4S2/c1-12(16-10-14(22(25)26)7-9-18(16)29)21(24)23(30)28-17-8-6-13(11-19(17)33)15-4-2-3-5-20(15)34(31)32-27/h2-11,29,33H,27H2,1H3,(H3,25,26)(H,28,30)/b21-12+. The Morgan fingerprint density at radius 2 is 1.88 bits per heavy atom. The number of nitrogens with two attached hydrogens (primary N) is 2. The van der Waals surface area contributed by atoms with Gasteiger partial charge < -0.3 is 16.2 Å². The summed E-state index contributed by atoms with van der Waals surface area (Å²) in [5.74, 6) is 2.35. The molecule has 0 saturated heterocycles. The molecule has 0 aromatic heterocycles. The number of aromatic hydroxyl groups is 1. The Kier molecular flexibility index (Phi) is 7.84. The maximum atomic E-state index is 14.9. The van der Waals surface area contributed by atoms with E-state index in [9.17, 15) is 18.5 Å². The molecule has 0 saturated carbocycles. The predicted molar refractivity (Wildman–Crippen MR) is 132 cm³/mol. The molecule has 3 aromatic carbocycles. The summed E-state index contributed by atoms with van der Waals surface area (Å²) >= 11 is 2.51. The molecular formula is C23H21FN4O4S2. The Labute approximate surface area is 203 Å². The molecule has 34 heavy (non-hydrogen) atoms. The topological polar surface area (TPSA) is 152 Å². The summed E-state index contributed by atoms with van der Waals surface area (Å²) in [5.41, 5.74) is 7.07. The Balaban J connectivity index is 1.90. The normalized spacial score (nSPS) is 12.6. The van der Waals surface area contributed by atoms with Gasteiger partial charge in [-0.25, -0.2) is 8.60 Å². The zero-order chi connectivity index (χ0) is 25.0. The van der Waals surface area contributed by atoms with E-state index in [4.69, 9.17) is 17.0 Å². The van der Waals surface area contributed by atoms with Crippen LogP contribution in [0, 0.1) is 5.41 Å². The van der Waals surface area contributed by atoms with Gasteiger partial charge in [-0.3, -0.25) is 10.2 Å². The monoisotopic (exact) mass is 500 g/mol. The zero-order valence-electron chi connectivity index (χ0n) is 17.8. The van der Waals surface area contributed by atoms with Gasteiger partial charge in [0.15, 0.2) is 5.83 Å². The molecule has 11 heteroatoms. The van der Waals surface area contributed by atoms with Crippen LogP contribution in [0.1, 0.15) is 18.1 Å². The fourth-order valence-corrected chi connectivity index (χ4v) is 4.11. The third-order valence-electron chi connectivity index (χ3n) is 4.95. The Hall–Kier alpha value is -3.51. The van der Waals surface area contributed by atoms with Crippen LogP contribution in [0.3, 0.4) is 0 Å². The first-order valence-corrected chi connectivity index (χ1v) is 11.2. The first kappa shape index (κ1) is 25.1. The number of nitrogens with one attached hydrogen (secondary N) is 2. The van der Waals surface area contributed by atoms with Crippen molar-refractivity contribution in [1.29, 1.82) is 5.41 Å². The molecule has 0 aliphatic heterocycles. The molecule has 3 rings (SSSR count). The van der Waals surface area contributed by atoms with Gasteiger partial charge in [0.2, 0.25) is 11.1 Å². The van der Waals surface area contributed by atoms with Gasteiger partial charge in [0.25, 0.3) is 5.91 Å². The van der Waals surface area contributed by atoms with E-state index >= 15 is 0 Å². The highest BCUT2D eigenvalue weighted by Crippen LogP contribution is 2.33. The number of phenols is 1. The number of rotatable bonds is 7. The lowest BCUT2D eigenvalue weighted by molar-refractivity contribution is -0.114. The zero-order valence-corrected chi connectivity index (χ0v) is 19.5. The van der Waals surface area contributed by atoms with Crippen molar-refractivity contribution in [2.45, 2.75) is 16.7 Å². The van der Waals surface area contributed by atoms with Gasteiger partial charge in [0, 0.05) is 27.2 Å². The van der Waals surface area contributed by atoms with Crippen LogP contribution in [0.25, 0.3) is 16.7 Å². The number of halogens is 1. The molecule has 0 aliphatic rings. The highest BCUT2D eigenvalue weighted by atomic mass is 32.2. The molecule has 8 nitrogen and oxygen atoms in total. The van der Waals surface area contributed by atoms with Gasteiger partial charge in [-0.2, -0.15) is 10.2 Å². The van der Waals surface area contributed by atoms with Crippen molar-refractivity contribution in [3.63, 3.8) is 0 Å². The number of carbonyl (C=O) groups excluding carboxylic acids is 1. The fraction of sp³-hybridized carbons (Fsp3) is 0.0435. The smallest absolute Gasteiger partial charge is 0.284 e. The summed E-state index contributed by atoms with van der Waals surface area (Å²) in [6.45, 7) is 1.33. The van der Waals surface area contributed by atoms with Crippen LogP contribution in [0.5, 0.6) is 5.75 Å². The summed E-state index contributed by atoms with van der Waals surface area (Å²) in [6.07, 6.45) is 0. The molecule has 0 radical (unpaired) electrons. The van der Waals surface area contributed by atoms with E-state index < -0.39 is 22.8 Å². The third kappa shape index (κ3) is 5.34. The molecule has 0 heterocycles. The molecule has 1 atom stereocenters. The summed E-state index contributed by atoms with van der Waals surface area (Å²) in [4.78, 5) is 13.2. The van der Waals surface area contributed by atoms with E-state index in [2.05, 4.69) is 22.2 Å². The number of hydrogen-bond donors (Lipinski definition) is 6. The Morgan fingerprint density at radius 3 is 2.53 bits per heavy atom. The number of nitrogen functional groups attached to an aromatic ring is 1. The average Bonchev–Trinajstić information content (AvgIpc) is 2.83. The van der Waals surface area contributed by atoms with Crippen LogP contribution in [0.4, 0.5) is 10.1 Å². The van der Waals surface area contributed by atoms with Crippen molar-refractivity contribution < 1.29 is 22.8 Å². The van der Waals surface area contributed by atoms with E-state index in [0.717, 1.165) is 0 Å². The molecule has 0 spiro atoms. The van der Waals surface area contributed by atoms with Crippen molar-refractivity contribution in [1.82, 2.24) is 0 Å². The number of amidine groups is 1. The van der Waals surface area contributed by atoms with Crippen LogP contribution in [-0.2, 0) is 20.2 Å². The largest absolute Gasteiger partial charge is 0.507 e. The number of thiol groups is 1.